The molecule has 0 aromatic carbocycles. The fourth-order valence-electron chi connectivity index (χ4n) is 2.03. The Morgan fingerprint density at radius 3 is 2.69 bits per heavy atom. The summed E-state index contributed by atoms with van der Waals surface area (Å²) >= 11 is 0.0639. The summed E-state index contributed by atoms with van der Waals surface area (Å²) in [6, 6.07) is 0. The largest absolute Gasteiger partial charge is 0.441 e. The predicted octanol–water partition coefficient (Wildman–Crippen LogP) is 2.16. The van der Waals surface area contributed by atoms with Crippen molar-refractivity contribution >= 4 is 11.8 Å². The maximum Gasteiger partial charge on any atom is 0.441 e. The van der Waals surface area contributed by atoms with Crippen LogP contribution >= 0.6 is 11.8 Å². The molecule has 0 bridgehead atoms. The first-order valence-corrected chi connectivity index (χ1v) is 6.54. The minimum atomic E-state index is -4.10. The summed E-state index contributed by atoms with van der Waals surface area (Å²) in [7, 11) is 0. The number of nitrogens with two attached hydrogens (primary N) is 1. The summed E-state index contributed by atoms with van der Waals surface area (Å²) in [6.45, 7) is 5.04. The second kappa shape index (κ2) is 6.12. The van der Waals surface area contributed by atoms with Crippen LogP contribution in [0.25, 0.3) is 0 Å². The topological polar surface area (TPSA) is 29.3 Å². The minimum Gasteiger partial charge on any atom is -0.330 e. The van der Waals surface area contributed by atoms with Crippen LogP contribution in [0, 0.1) is 11.8 Å². The molecule has 0 saturated carbocycles. The summed E-state index contributed by atoms with van der Waals surface area (Å²) in [6.07, 6.45) is 1.04. The van der Waals surface area contributed by atoms with Gasteiger partial charge in [0.1, 0.15) is 0 Å². The molecule has 0 aliphatic carbocycles. The fraction of sp³-hybridized carbons (Fsp3) is 1.00. The Labute approximate surface area is 98.7 Å². The van der Waals surface area contributed by atoms with Crippen molar-refractivity contribution in [1.29, 1.82) is 0 Å². The zero-order valence-corrected chi connectivity index (χ0v) is 10.3. The molecule has 0 aromatic rings. The molecule has 1 aliphatic rings. The van der Waals surface area contributed by atoms with Crippen LogP contribution in [0.2, 0.25) is 0 Å². The molecule has 96 valence electrons. The van der Waals surface area contributed by atoms with E-state index in [0.717, 1.165) is 19.5 Å². The molecule has 1 rings (SSSR count). The molecule has 1 heterocycles. The number of nitrogens with zero attached hydrogens (tertiary/aromatic N) is 1. The van der Waals surface area contributed by atoms with Gasteiger partial charge in [0.05, 0.1) is 0 Å². The van der Waals surface area contributed by atoms with E-state index in [2.05, 4.69) is 11.8 Å². The van der Waals surface area contributed by atoms with E-state index in [1.165, 1.54) is 0 Å². The molecule has 6 heteroatoms. The molecule has 2 atom stereocenters. The first-order chi connectivity index (χ1) is 7.42. The molecule has 1 saturated heterocycles. The molecule has 0 spiro atoms. The molecule has 0 aromatic heterocycles. The van der Waals surface area contributed by atoms with Gasteiger partial charge in [-0.2, -0.15) is 13.2 Å². The quantitative estimate of drug-likeness (QED) is 0.835. The second-order valence-electron chi connectivity index (χ2n) is 4.36. The van der Waals surface area contributed by atoms with Crippen molar-refractivity contribution in [3.8, 4) is 0 Å². The fourth-order valence-corrected chi connectivity index (χ4v) is 2.61. The third kappa shape index (κ3) is 4.93. The van der Waals surface area contributed by atoms with Crippen LogP contribution in [-0.4, -0.2) is 42.3 Å². The van der Waals surface area contributed by atoms with Crippen LogP contribution in [0.4, 0.5) is 13.2 Å². The van der Waals surface area contributed by atoms with E-state index in [-0.39, 0.29) is 17.5 Å². The Kier molecular flexibility index (Phi) is 5.40. The van der Waals surface area contributed by atoms with Gasteiger partial charge < -0.3 is 10.6 Å². The van der Waals surface area contributed by atoms with Crippen LogP contribution in [-0.2, 0) is 0 Å². The second-order valence-corrected chi connectivity index (χ2v) is 5.52. The number of thioether (sulfide) groups is 1. The summed E-state index contributed by atoms with van der Waals surface area (Å²) in [5, 5.41) is 0. The van der Waals surface area contributed by atoms with Crippen molar-refractivity contribution in [2.24, 2.45) is 17.6 Å². The van der Waals surface area contributed by atoms with Crippen molar-refractivity contribution in [1.82, 2.24) is 4.90 Å². The third-order valence-electron chi connectivity index (χ3n) is 3.17. The van der Waals surface area contributed by atoms with Crippen molar-refractivity contribution in [3.63, 3.8) is 0 Å². The zero-order chi connectivity index (χ0) is 12.2. The lowest BCUT2D eigenvalue weighted by atomic mass is 9.87. The van der Waals surface area contributed by atoms with Crippen molar-refractivity contribution < 1.29 is 13.2 Å². The highest BCUT2D eigenvalue weighted by atomic mass is 32.2. The van der Waals surface area contributed by atoms with Gasteiger partial charge in [-0.1, -0.05) is 6.92 Å². The normalized spacial score (nSPS) is 28.3. The number of rotatable bonds is 4. The third-order valence-corrected chi connectivity index (χ3v) is 3.89. The lowest BCUT2D eigenvalue weighted by Gasteiger charge is -2.36. The molecule has 2 nitrogen and oxygen atoms in total. The Morgan fingerprint density at radius 2 is 2.12 bits per heavy atom. The van der Waals surface area contributed by atoms with Crippen LogP contribution in [0.15, 0.2) is 0 Å². The zero-order valence-electron chi connectivity index (χ0n) is 9.46. The molecular weight excluding hydrogens is 237 g/mol. The van der Waals surface area contributed by atoms with E-state index < -0.39 is 5.51 Å². The van der Waals surface area contributed by atoms with Gasteiger partial charge in [-0.25, -0.2) is 0 Å². The Morgan fingerprint density at radius 1 is 1.44 bits per heavy atom. The summed E-state index contributed by atoms with van der Waals surface area (Å²) in [5.74, 6) is 1.15. The van der Waals surface area contributed by atoms with Crippen LogP contribution in [0.5, 0.6) is 0 Å². The van der Waals surface area contributed by atoms with Gasteiger partial charge in [0.2, 0.25) is 0 Å². The average molecular weight is 256 g/mol. The van der Waals surface area contributed by atoms with Gasteiger partial charge in [0.15, 0.2) is 0 Å². The predicted molar refractivity (Wildman–Crippen MR) is 61.3 cm³/mol. The maximum absolute atomic E-state index is 11.9. The number of hydrogen-bond acceptors (Lipinski definition) is 3. The number of piperidine rings is 1. The monoisotopic (exact) mass is 256 g/mol. The first kappa shape index (κ1) is 14.1. The van der Waals surface area contributed by atoms with Gasteiger partial charge in [0, 0.05) is 18.8 Å². The minimum absolute atomic E-state index is 0.0639. The number of alkyl halides is 3. The standard InChI is InChI=1S/C10H19F3N2S/c1-8-2-3-15(7-9(8)6-14)4-5-16-10(11,12)13/h8-9H,2-7,14H2,1H3. The molecule has 16 heavy (non-hydrogen) atoms. The van der Waals surface area contributed by atoms with E-state index >= 15 is 0 Å². The summed E-state index contributed by atoms with van der Waals surface area (Å²) in [5.41, 5.74) is 1.54. The maximum atomic E-state index is 11.9. The van der Waals surface area contributed by atoms with Gasteiger partial charge >= 0.3 is 5.51 Å². The van der Waals surface area contributed by atoms with E-state index in [0.29, 0.717) is 24.9 Å². The molecule has 0 radical (unpaired) electrons. The lowest BCUT2D eigenvalue weighted by molar-refractivity contribution is -0.0329. The van der Waals surface area contributed by atoms with Crippen LogP contribution in [0.1, 0.15) is 13.3 Å². The van der Waals surface area contributed by atoms with Gasteiger partial charge in [-0.3, -0.25) is 0 Å². The van der Waals surface area contributed by atoms with Crippen molar-refractivity contribution in [2.45, 2.75) is 18.9 Å². The van der Waals surface area contributed by atoms with E-state index in [4.69, 9.17) is 5.73 Å². The molecule has 1 aliphatic heterocycles. The summed E-state index contributed by atoms with van der Waals surface area (Å²) in [4.78, 5) is 2.09. The van der Waals surface area contributed by atoms with Crippen molar-refractivity contribution in [2.75, 3.05) is 31.9 Å². The molecule has 1 fully saturated rings. The number of likely N-dealkylation sites (tertiary alicyclic amines) is 1. The molecule has 0 amide bonds. The van der Waals surface area contributed by atoms with E-state index in [1.807, 2.05) is 0 Å². The van der Waals surface area contributed by atoms with Gasteiger partial charge in [-0.05, 0) is 43.1 Å². The number of hydrogen-bond donors (Lipinski definition) is 1. The first-order valence-electron chi connectivity index (χ1n) is 5.55. The SMILES string of the molecule is CC1CCN(CCSC(F)(F)F)CC1CN. The molecular formula is C10H19F3N2S. The lowest BCUT2D eigenvalue weighted by Crippen LogP contribution is -2.43. The highest BCUT2D eigenvalue weighted by Gasteiger charge is 2.29. The number of halogens is 3. The van der Waals surface area contributed by atoms with Crippen molar-refractivity contribution in [3.05, 3.63) is 0 Å². The summed E-state index contributed by atoms with van der Waals surface area (Å²) < 4.78 is 35.8. The van der Waals surface area contributed by atoms with E-state index in [9.17, 15) is 13.2 Å². The highest BCUT2D eigenvalue weighted by Crippen LogP contribution is 2.30. The smallest absolute Gasteiger partial charge is 0.330 e. The van der Waals surface area contributed by atoms with Crippen LogP contribution in [0.3, 0.4) is 0 Å². The Balaban J connectivity index is 2.23. The average Bonchev–Trinajstić information content (AvgIpc) is 2.18. The Hall–Kier alpha value is 0.0600. The van der Waals surface area contributed by atoms with Gasteiger partial charge in [-0.15, -0.1) is 0 Å². The van der Waals surface area contributed by atoms with Crippen LogP contribution < -0.4 is 5.73 Å². The molecule has 2 N–H and O–H groups in total. The Bertz CT molecular complexity index is 211. The molecule has 2 unspecified atom stereocenters. The van der Waals surface area contributed by atoms with E-state index in [1.54, 1.807) is 0 Å². The highest BCUT2D eigenvalue weighted by molar-refractivity contribution is 8.00. The van der Waals surface area contributed by atoms with Gasteiger partial charge in [0.25, 0.3) is 0 Å².